The van der Waals surface area contributed by atoms with Gasteiger partial charge in [-0.3, -0.25) is 9.59 Å². The van der Waals surface area contributed by atoms with E-state index in [2.05, 4.69) is 10.6 Å². The number of carbonyl (C=O) groups excluding carboxylic acids is 2. The van der Waals surface area contributed by atoms with Gasteiger partial charge < -0.3 is 25.4 Å². The summed E-state index contributed by atoms with van der Waals surface area (Å²) in [7, 11) is 1.50. The van der Waals surface area contributed by atoms with Gasteiger partial charge in [0, 0.05) is 36.8 Å². The first-order chi connectivity index (χ1) is 19.2. The maximum Gasteiger partial charge on any atom is 0.416 e. The molecule has 0 bridgehead atoms. The lowest BCUT2D eigenvalue weighted by Gasteiger charge is -2.26. The van der Waals surface area contributed by atoms with Crippen LogP contribution in [0.15, 0.2) is 72.8 Å². The van der Waals surface area contributed by atoms with E-state index in [1.54, 1.807) is 48.5 Å². The molecule has 0 unspecified atom stereocenters. The van der Waals surface area contributed by atoms with Crippen molar-refractivity contribution in [3.05, 3.63) is 95.1 Å². The number of halogens is 3. The first-order valence-corrected chi connectivity index (χ1v) is 13.1. The first-order valence-electron chi connectivity index (χ1n) is 13.1. The molecule has 1 aliphatic heterocycles. The van der Waals surface area contributed by atoms with Gasteiger partial charge in [-0.25, -0.2) is 0 Å². The molecule has 0 fully saturated rings. The lowest BCUT2D eigenvalue weighted by Crippen LogP contribution is -2.44. The highest BCUT2D eigenvalue weighted by Gasteiger charge is 2.41. The number of anilines is 1. The second kappa shape index (κ2) is 13.0. The molecule has 1 aliphatic rings. The van der Waals surface area contributed by atoms with Gasteiger partial charge in [0.15, 0.2) is 0 Å². The van der Waals surface area contributed by atoms with Crippen LogP contribution in [0.2, 0.25) is 0 Å². The normalized spacial score (nSPS) is 17.2. The molecule has 40 heavy (non-hydrogen) atoms. The summed E-state index contributed by atoms with van der Waals surface area (Å²) in [6.07, 6.45) is -5.70. The predicted octanol–water partition coefficient (Wildman–Crippen LogP) is 4.16. The Morgan fingerprint density at radius 3 is 2.40 bits per heavy atom. The van der Waals surface area contributed by atoms with Crippen LogP contribution < -0.4 is 20.3 Å². The van der Waals surface area contributed by atoms with Gasteiger partial charge in [0.2, 0.25) is 0 Å². The van der Waals surface area contributed by atoms with Crippen LogP contribution in [-0.2, 0) is 17.4 Å². The van der Waals surface area contributed by atoms with Gasteiger partial charge in [-0.1, -0.05) is 36.4 Å². The third kappa shape index (κ3) is 6.81. The van der Waals surface area contributed by atoms with Gasteiger partial charge in [-0.05, 0) is 66.9 Å². The number of fused-ring (bicyclic) bond motifs is 1. The fourth-order valence-corrected chi connectivity index (χ4v) is 4.89. The molecule has 0 saturated heterocycles. The Labute approximate surface area is 231 Å². The minimum atomic E-state index is -4.62. The minimum Gasteiger partial charge on any atom is -0.497 e. The number of amides is 2. The summed E-state index contributed by atoms with van der Waals surface area (Å²) in [5.41, 5.74) is 0.411. The molecule has 10 heteroatoms. The molecule has 3 aromatic carbocycles. The second-order valence-corrected chi connectivity index (χ2v) is 9.54. The maximum atomic E-state index is 14.0. The Kier molecular flexibility index (Phi) is 9.44. The van der Waals surface area contributed by atoms with Crippen LogP contribution in [0.3, 0.4) is 0 Å². The molecule has 212 valence electrons. The first kappa shape index (κ1) is 29.1. The summed E-state index contributed by atoms with van der Waals surface area (Å²) in [6.45, 7) is 1.30. The quantitative estimate of drug-likeness (QED) is 0.327. The number of nitrogens with one attached hydrogen (secondary N) is 2. The molecule has 1 heterocycles. The molecule has 0 aromatic heterocycles. The van der Waals surface area contributed by atoms with Crippen molar-refractivity contribution in [2.45, 2.75) is 31.0 Å². The standard InChI is InChI=1S/C30H32F3N3O4/c1-40-22-13-11-20(12-14-22)23-19-24-25(30(31,32)33)9-5-10-26(24)36(29(39)27(23)37)18-17-34-15-6-16-35-28(38)21-7-3-2-4-8-21/h2-5,7-14,23,27,34,37H,6,15-19H2,1H3,(H,35,38)/t23-,27+/m0/s1. The summed E-state index contributed by atoms with van der Waals surface area (Å²) in [6, 6.07) is 19.2. The SMILES string of the molecule is COc1ccc([C@@H]2Cc3c(cccc3C(F)(F)F)N(CCNCCCNC(=O)c3ccccc3)C(=O)[C@@H]2O)cc1. The highest BCUT2D eigenvalue weighted by molar-refractivity contribution is 5.99. The summed E-state index contributed by atoms with van der Waals surface area (Å²) in [5, 5.41) is 17.1. The average Bonchev–Trinajstić information content (AvgIpc) is 3.06. The molecule has 3 aromatic rings. The molecule has 4 rings (SSSR count). The molecule has 7 nitrogen and oxygen atoms in total. The zero-order chi connectivity index (χ0) is 28.7. The molecule has 0 aliphatic carbocycles. The topological polar surface area (TPSA) is 90.9 Å². The van der Waals surface area contributed by atoms with Crippen LogP contribution in [0.1, 0.15) is 39.4 Å². The van der Waals surface area contributed by atoms with Crippen LogP contribution in [0, 0.1) is 0 Å². The van der Waals surface area contributed by atoms with Gasteiger partial charge in [0.25, 0.3) is 11.8 Å². The monoisotopic (exact) mass is 555 g/mol. The van der Waals surface area contributed by atoms with Gasteiger partial charge in [-0.2, -0.15) is 13.2 Å². The van der Waals surface area contributed by atoms with Gasteiger partial charge in [-0.15, -0.1) is 0 Å². The van der Waals surface area contributed by atoms with Crippen LogP contribution >= 0.6 is 0 Å². The van der Waals surface area contributed by atoms with Crippen LogP contribution in [-0.4, -0.2) is 56.3 Å². The molecule has 0 spiro atoms. The molecule has 2 amide bonds. The Bertz CT molecular complexity index is 1300. The highest BCUT2D eigenvalue weighted by atomic mass is 19.4. The Balaban J connectivity index is 1.45. The summed E-state index contributed by atoms with van der Waals surface area (Å²) in [4.78, 5) is 26.8. The number of hydrogen-bond acceptors (Lipinski definition) is 5. The Morgan fingerprint density at radius 2 is 1.73 bits per heavy atom. The number of alkyl halides is 3. The number of aliphatic hydroxyl groups excluding tert-OH is 1. The van der Waals surface area contributed by atoms with E-state index in [9.17, 15) is 27.9 Å². The second-order valence-electron chi connectivity index (χ2n) is 9.54. The summed E-state index contributed by atoms with van der Waals surface area (Å²) < 4.78 is 47.2. The van der Waals surface area contributed by atoms with Crippen molar-refractivity contribution in [2.24, 2.45) is 0 Å². The number of hydrogen-bond donors (Lipinski definition) is 3. The van der Waals surface area contributed by atoms with E-state index in [4.69, 9.17) is 4.74 Å². The number of aliphatic hydroxyl groups is 1. The van der Waals surface area contributed by atoms with Crippen molar-refractivity contribution in [1.29, 1.82) is 0 Å². The smallest absolute Gasteiger partial charge is 0.416 e. The number of ether oxygens (including phenoxy) is 1. The number of carbonyl (C=O) groups is 2. The van der Waals surface area contributed by atoms with E-state index in [0.717, 1.165) is 6.07 Å². The van der Waals surface area contributed by atoms with Crippen molar-refractivity contribution in [1.82, 2.24) is 10.6 Å². The lowest BCUT2D eigenvalue weighted by molar-refractivity contribution is -0.138. The van der Waals surface area contributed by atoms with Crippen molar-refractivity contribution in [2.75, 3.05) is 38.2 Å². The predicted molar refractivity (Wildman–Crippen MR) is 146 cm³/mol. The molecule has 3 N–H and O–H groups in total. The number of nitrogens with zero attached hydrogens (tertiary/aromatic N) is 1. The molecule has 0 radical (unpaired) electrons. The van der Waals surface area contributed by atoms with E-state index in [0.29, 0.717) is 36.4 Å². The van der Waals surface area contributed by atoms with E-state index in [-0.39, 0.29) is 36.7 Å². The maximum absolute atomic E-state index is 14.0. The van der Waals surface area contributed by atoms with E-state index in [1.807, 2.05) is 6.07 Å². The molecular weight excluding hydrogens is 523 g/mol. The number of methoxy groups -OCH3 is 1. The van der Waals surface area contributed by atoms with E-state index >= 15 is 0 Å². The summed E-state index contributed by atoms with van der Waals surface area (Å²) >= 11 is 0. The zero-order valence-electron chi connectivity index (χ0n) is 22.1. The largest absolute Gasteiger partial charge is 0.497 e. The van der Waals surface area contributed by atoms with Gasteiger partial charge in [0.1, 0.15) is 11.9 Å². The van der Waals surface area contributed by atoms with Gasteiger partial charge >= 0.3 is 6.18 Å². The molecule has 2 atom stereocenters. The van der Waals surface area contributed by atoms with Crippen LogP contribution in [0.5, 0.6) is 5.75 Å². The van der Waals surface area contributed by atoms with Crippen molar-refractivity contribution < 1.29 is 32.6 Å². The lowest BCUT2D eigenvalue weighted by atomic mass is 9.86. The zero-order valence-corrected chi connectivity index (χ0v) is 22.1. The van der Waals surface area contributed by atoms with Crippen LogP contribution in [0.4, 0.5) is 18.9 Å². The Hall–Kier alpha value is -3.89. The molecular formula is C30H32F3N3O4. The Morgan fingerprint density at radius 1 is 1.00 bits per heavy atom. The van der Waals surface area contributed by atoms with E-state index in [1.165, 1.54) is 24.1 Å². The van der Waals surface area contributed by atoms with E-state index < -0.39 is 29.7 Å². The van der Waals surface area contributed by atoms with Crippen molar-refractivity contribution in [3.8, 4) is 5.75 Å². The summed E-state index contributed by atoms with van der Waals surface area (Å²) in [5.74, 6) is -1.14. The highest BCUT2D eigenvalue weighted by Crippen LogP contribution is 2.42. The average molecular weight is 556 g/mol. The van der Waals surface area contributed by atoms with Crippen molar-refractivity contribution in [3.63, 3.8) is 0 Å². The van der Waals surface area contributed by atoms with Gasteiger partial charge in [0.05, 0.1) is 12.7 Å². The van der Waals surface area contributed by atoms with Crippen LogP contribution in [0.25, 0.3) is 0 Å². The fraction of sp³-hybridized carbons (Fsp3) is 0.333. The van der Waals surface area contributed by atoms with Crippen molar-refractivity contribution >= 4 is 17.5 Å². The number of benzene rings is 3. The minimum absolute atomic E-state index is 0.0238. The number of rotatable bonds is 10. The third-order valence-corrected chi connectivity index (χ3v) is 6.98. The molecule has 0 saturated carbocycles. The fourth-order valence-electron chi connectivity index (χ4n) is 4.89. The third-order valence-electron chi connectivity index (χ3n) is 6.98.